The quantitative estimate of drug-likeness (QED) is 0.454. The van der Waals surface area contributed by atoms with Crippen molar-refractivity contribution in [1.82, 2.24) is 0 Å². The first kappa shape index (κ1) is 11.1. The monoisotopic (exact) mass is 285 g/mol. The number of aliphatic hydroxyl groups excluding tert-OH is 1. The van der Waals surface area contributed by atoms with E-state index < -0.39 is 0 Å². The molecule has 0 fully saturated rings. The summed E-state index contributed by atoms with van der Waals surface area (Å²) >= 11 is 5.67. The first-order valence-electron chi connectivity index (χ1n) is 2.99. The summed E-state index contributed by atoms with van der Waals surface area (Å²) in [5, 5.41) is 9.42. The van der Waals surface area contributed by atoms with Gasteiger partial charge >= 0.3 is 0 Å². The minimum absolute atomic E-state index is 0. The van der Waals surface area contributed by atoms with Crippen molar-refractivity contribution in [1.29, 1.82) is 0 Å². The summed E-state index contributed by atoms with van der Waals surface area (Å²) in [6.45, 7) is 0.0249. The Morgan fingerprint density at radius 2 is 2.27 bits per heavy atom. The highest BCUT2D eigenvalue weighted by Crippen LogP contribution is 2.05. The average molecular weight is 286 g/mol. The molecule has 1 N–H and O–H groups in total. The molecule has 0 saturated carbocycles. The van der Waals surface area contributed by atoms with Crippen LogP contribution in [0.1, 0.15) is 5.69 Å². The SMILES string of the molecule is C[n+]1ccc(Cl)cc1CO.[I-]. The summed E-state index contributed by atoms with van der Waals surface area (Å²) in [5.74, 6) is 0. The molecule has 0 bridgehead atoms. The van der Waals surface area contributed by atoms with Gasteiger partial charge in [0.05, 0.1) is 5.02 Å². The molecular formula is C7H9ClINO. The lowest BCUT2D eigenvalue weighted by molar-refractivity contribution is -0.681. The van der Waals surface area contributed by atoms with E-state index >= 15 is 0 Å². The van der Waals surface area contributed by atoms with E-state index in [1.807, 2.05) is 17.8 Å². The lowest BCUT2D eigenvalue weighted by Gasteiger charge is -1.94. The average Bonchev–Trinajstić information content (AvgIpc) is 1.94. The molecule has 0 amide bonds. The van der Waals surface area contributed by atoms with E-state index in [1.165, 1.54) is 0 Å². The van der Waals surface area contributed by atoms with E-state index in [4.69, 9.17) is 16.7 Å². The fraction of sp³-hybridized carbons (Fsp3) is 0.286. The van der Waals surface area contributed by atoms with Crippen molar-refractivity contribution < 1.29 is 33.7 Å². The molecule has 1 aromatic rings. The van der Waals surface area contributed by atoms with Gasteiger partial charge in [-0.2, -0.15) is 0 Å². The van der Waals surface area contributed by atoms with Gasteiger partial charge in [0.2, 0.25) is 5.69 Å². The first-order chi connectivity index (χ1) is 4.74. The van der Waals surface area contributed by atoms with Crippen LogP contribution in [0.4, 0.5) is 0 Å². The summed E-state index contributed by atoms with van der Waals surface area (Å²) < 4.78 is 1.83. The standard InChI is InChI=1S/C7H9ClNO.HI/c1-9-3-2-6(8)4-7(9)5-10;/h2-4,10H,5H2,1H3;1H/q+1;/p-1. The molecular weight excluding hydrogens is 276 g/mol. The number of hydrogen-bond donors (Lipinski definition) is 1. The maximum absolute atomic E-state index is 8.76. The Kier molecular flexibility index (Phi) is 4.96. The highest BCUT2D eigenvalue weighted by molar-refractivity contribution is 6.30. The number of pyridine rings is 1. The van der Waals surface area contributed by atoms with Crippen LogP contribution in [0.2, 0.25) is 5.02 Å². The summed E-state index contributed by atoms with van der Waals surface area (Å²) in [5.41, 5.74) is 0.813. The van der Waals surface area contributed by atoms with Crippen LogP contribution in [0.5, 0.6) is 0 Å². The number of rotatable bonds is 1. The van der Waals surface area contributed by atoms with E-state index in [0.717, 1.165) is 5.69 Å². The van der Waals surface area contributed by atoms with Crippen molar-refractivity contribution >= 4 is 11.6 Å². The van der Waals surface area contributed by atoms with Crippen LogP contribution in [0, 0.1) is 0 Å². The second-order valence-corrected chi connectivity index (χ2v) is 2.54. The van der Waals surface area contributed by atoms with Crippen LogP contribution in [0.25, 0.3) is 0 Å². The predicted octanol–water partition coefficient (Wildman–Crippen LogP) is -2.34. The molecule has 0 unspecified atom stereocenters. The zero-order valence-corrected chi connectivity index (χ0v) is 9.00. The van der Waals surface area contributed by atoms with Gasteiger partial charge in [0.15, 0.2) is 6.20 Å². The third kappa shape index (κ3) is 2.92. The Hall–Kier alpha value is 0.130. The maximum atomic E-state index is 8.76. The summed E-state index contributed by atoms with van der Waals surface area (Å²) in [7, 11) is 1.86. The van der Waals surface area contributed by atoms with Crippen molar-refractivity contribution in [2.45, 2.75) is 6.61 Å². The van der Waals surface area contributed by atoms with E-state index in [1.54, 1.807) is 12.1 Å². The van der Waals surface area contributed by atoms with E-state index in [2.05, 4.69) is 0 Å². The minimum Gasteiger partial charge on any atom is -1.00 e. The molecule has 0 aliphatic carbocycles. The normalized spacial score (nSPS) is 9.00. The fourth-order valence-electron chi connectivity index (χ4n) is 0.745. The summed E-state index contributed by atoms with van der Waals surface area (Å²) in [4.78, 5) is 0. The molecule has 0 radical (unpaired) electrons. The second kappa shape index (κ2) is 4.90. The van der Waals surface area contributed by atoms with Gasteiger partial charge in [-0.15, -0.1) is 0 Å². The highest BCUT2D eigenvalue weighted by atomic mass is 127. The second-order valence-electron chi connectivity index (χ2n) is 2.11. The molecule has 2 nitrogen and oxygen atoms in total. The predicted molar refractivity (Wildman–Crippen MR) is 38.6 cm³/mol. The smallest absolute Gasteiger partial charge is 0.208 e. The molecule has 0 atom stereocenters. The molecule has 62 valence electrons. The summed E-state index contributed by atoms with van der Waals surface area (Å²) in [6, 6.07) is 3.52. The Bertz CT molecular complexity index is 242. The summed E-state index contributed by atoms with van der Waals surface area (Å²) in [6.07, 6.45) is 1.81. The molecule has 4 heteroatoms. The minimum atomic E-state index is 0. The van der Waals surface area contributed by atoms with Crippen molar-refractivity contribution in [3.05, 3.63) is 29.0 Å². The van der Waals surface area contributed by atoms with Crippen molar-refractivity contribution in [3.8, 4) is 0 Å². The van der Waals surface area contributed by atoms with Gasteiger partial charge in [-0.1, -0.05) is 11.6 Å². The van der Waals surface area contributed by atoms with Crippen LogP contribution >= 0.6 is 11.6 Å². The molecule has 1 rings (SSSR count). The molecule has 0 aromatic carbocycles. The molecule has 0 aliphatic rings. The van der Waals surface area contributed by atoms with Gasteiger partial charge in [-0.05, 0) is 0 Å². The van der Waals surface area contributed by atoms with Gasteiger partial charge in [0.25, 0.3) is 0 Å². The molecule has 1 heterocycles. The molecule has 0 aliphatic heterocycles. The first-order valence-corrected chi connectivity index (χ1v) is 3.37. The Morgan fingerprint density at radius 1 is 1.64 bits per heavy atom. The Morgan fingerprint density at radius 3 is 2.73 bits per heavy atom. The van der Waals surface area contributed by atoms with Crippen LogP contribution in [0.3, 0.4) is 0 Å². The van der Waals surface area contributed by atoms with Crippen LogP contribution in [-0.2, 0) is 13.7 Å². The zero-order valence-electron chi connectivity index (χ0n) is 6.09. The fourth-order valence-corrected chi connectivity index (χ4v) is 0.927. The van der Waals surface area contributed by atoms with E-state index in [-0.39, 0.29) is 30.6 Å². The third-order valence-corrected chi connectivity index (χ3v) is 1.61. The molecule has 0 spiro atoms. The largest absolute Gasteiger partial charge is 1.00 e. The number of aliphatic hydroxyl groups is 1. The number of aryl methyl sites for hydroxylation is 1. The van der Waals surface area contributed by atoms with Crippen LogP contribution in [-0.4, -0.2) is 5.11 Å². The van der Waals surface area contributed by atoms with Gasteiger partial charge in [-0.25, -0.2) is 4.57 Å². The number of nitrogens with zero attached hydrogens (tertiary/aromatic N) is 1. The van der Waals surface area contributed by atoms with Crippen molar-refractivity contribution in [3.63, 3.8) is 0 Å². The number of halogens is 2. The van der Waals surface area contributed by atoms with Gasteiger partial charge in [0.1, 0.15) is 13.7 Å². The maximum Gasteiger partial charge on any atom is 0.208 e. The van der Waals surface area contributed by atoms with E-state index in [9.17, 15) is 0 Å². The van der Waals surface area contributed by atoms with Crippen LogP contribution < -0.4 is 28.5 Å². The lowest BCUT2D eigenvalue weighted by atomic mass is 10.3. The lowest BCUT2D eigenvalue weighted by Crippen LogP contribution is -3.00. The third-order valence-electron chi connectivity index (χ3n) is 1.38. The van der Waals surface area contributed by atoms with Crippen molar-refractivity contribution in [2.75, 3.05) is 0 Å². The zero-order chi connectivity index (χ0) is 7.56. The van der Waals surface area contributed by atoms with Gasteiger partial charge in [-0.3, -0.25) is 0 Å². The number of aromatic nitrogens is 1. The highest BCUT2D eigenvalue weighted by Gasteiger charge is 2.03. The van der Waals surface area contributed by atoms with Crippen molar-refractivity contribution in [2.24, 2.45) is 7.05 Å². The Balaban J connectivity index is 0.000001000. The molecule has 11 heavy (non-hydrogen) atoms. The molecule has 1 aromatic heterocycles. The van der Waals surface area contributed by atoms with E-state index in [0.29, 0.717) is 5.02 Å². The molecule has 0 saturated heterocycles. The van der Waals surface area contributed by atoms with Gasteiger partial charge in [0, 0.05) is 12.1 Å². The number of hydrogen-bond acceptors (Lipinski definition) is 1. The van der Waals surface area contributed by atoms with Crippen LogP contribution in [0.15, 0.2) is 18.3 Å². The Labute approximate surface area is 87.8 Å². The van der Waals surface area contributed by atoms with Gasteiger partial charge < -0.3 is 29.1 Å². The topological polar surface area (TPSA) is 24.1 Å².